The van der Waals surface area contributed by atoms with Crippen molar-refractivity contribution in [3.8, 4) is 17.2 Å². The highest BCUT2D eigenvalue weighted by Crippen LogP contribution is 2.35. The highest BCUT2D eigenvalue weighted by atomic mass is 19.1. The topological polar surface area (TPSA) is 73.4 Å². The number of ether oxygens (including phenoxy) is 3. The van der Waals surface area contributed by atoms with Crippen LogP contribution in [0.25, 0.3) is 21.7 Å². The van der Waals surface area contributed by atoms with Gasteiger partial charge in [-0.15, -0.1) is 0 Å². The molecule has 7 heteroatoms. The van der Waals surface area contributed by atoms with Crippen LogP contribution in [-0.4, -0.2) is 30.8 Å². The van der Waals surface area contributed by atoms with Gasteiger partial charge in [0, 0.05) is 40.2 Å². The molecule has 4 rings (SSSR count). The molecule has 4 aromatic rings. The molecule has 6 nitrogen and oxygen atoms in total. The number of aryl methyl sites for hydroxylation is 2. The molecule has 0 spiro atoms. The maximum absolute atomic E-state index is 14.5. The van der Waals surface area contributed by atoms with Gasteiger partial charge in [0.05, 0.1) is 26.3 Å². The second-order valence-electron chi connectivity index (χ2n) is 8.84. The van der Waals surface area contributed by atoms with E-state index in [0.29, 0.717) is 35.6 Å². The Morgan fingerprint density at radius 1 is 0.889 bits per heavy atom. The fourth-order valence-corrected chi connectivity index (χ4v) is 4.73. The molecule has 0 radical (unpaired) electrons. The number of aromatic amines is 1. The van der Waals surface area contributed by atoms with Crippen LogP contribution < -0.4 is 19.8 Å². The molecule has 0 fully saturated rings. The van der Waals surface area contributed by atoms with Crippen molar-refractivity contribution >= 4 is 21.7 Å². The highest BCUT2D eigenvalue weighted by Gasteiger charge is 2.18. The summed E-state index contributed by atoms with van der Waals surface area (Å²) in [6.07, 6.45) is 3.62. The third-order valence-electron chi connectivity index (χ3n) is 6.40. The summed E-state index contributed by atoms with van der Waals surface area (Å²) in [5.74, 6) is 0.957. The van der Waals surface area contributed by atoms with E-state index in [0.717, 1.165) is 58.8 Å². The van der Waals surface area contributed by atoms with Crippen LogP contribution in [0.5, 0.6) is 17.2 Å². The molecule has 0 aliphatic carbocycles. The number of aromatic nitrogens is 2. The monoisotopic (exact) mass is 492 g/mol. The molecule has 0 saturated heterocycles. The molecule has 2 aromatic heterocycles. The average Bonchev–Trinajstić information content (AvgIpc) is 2.87. The smallest absolute Gasteiger partial charge is 0.252 e. The molecule has 0 atom stereocenters. The second kappa shape index (κ2) is 11.0. The van der Waals surface area contributed by atoms with Crippen molar-refractivity contribution in [1.82, 2.24) is 9.97 Å². The molecule has 0 saturated carbocycles. The summed E-state index contributed by atoms with van der Waals surface area (Å²) in [6.45, 7) is 6.34. The van der Waals surface area contributed by atoms with Gasteiger partial charge < -0.3 is 19.2 Å². The lowest BCUT2D eigenvalue weighted by atomic mass is 9.95. The standard InChI is InChI=1S/C29H33FN2O4/c1-6-9-23-17(11-18-13-26(36-8-3)22(30)16-25(18)31-23)12-21-19-14-27(34-4)28(35-5)15-20(19)24(10-7-2)32-29(21)33/h11,13-16H,6-10,12H2,1-5H3,(H,32,33). The minimum atomic E-state index is -0.429. The first-order valence-electron chi connectivity index (χ1n) is 12.5. The molecule has 0 amide bonds. The van der Waals surface area contributed by atoms with Crippen LogP contribution in [0, 0.1) is 5.82 Å². The van der Waals surface area contributed by atoms with Crippen LogP contribution in [0.3, 0.4) is 0 Å². The zero-order chi connectivity index (χ0) is 25.8. The van der Waals surface area contributed by atoms with Crippen LogP contribution in [0.1, 0.15) is 56.1 Å². The number of nitrogens with zero attached hydrogens (tertiary/aromatic N) is 1. The van der Waals surface area contributed by atoms with Gasteiger partial charge in [0.1, 0.15) is 0 Å². The quantitative estimate of drug-likeness (QED) is 0.288. The first kappa shape index (κ1) is 25.5. The van der Waals surface area contributed by atoms with E-state index in [2.05, 4.69) is 18.8 Å². The molecule has 36 heavy (non-hydrogen) atoms. The summed E-state index contributed by atoms with van der Waals surface area (Å²) in [4.78, 5) is 21.3. The summed E-state index contributed by atoms with van der Waals surface area (Å²) >= 11 is 0. The van der Waals surface area contributed by atoms with Crippen molar-refractivity contribution in [2.45, 2.75) is 52.9 Å². The van der Waals surface area contributed by atoms with Crippen molar-refractivity contribution in [2.24, 2.45) is 0 Å². The molecule has 0 aliphatic rings. The lowest BCUT2D eigenvalue weighted by Crippen LogP contribution is -2.17. The zero-order valence-electron chi connectivity index (χ0n) is 21.6. The maximum Gasteiger partial charge on any atom is 0.252 e. The Morgan fingerprint density at radius 2 is 1.58 bits per heavy atom. The van der Waals surface area contributed by atoms with Gasteiger partial charge in [-0.1, -0.05) is 26.7 Å². The SMILES string of the molecule is CCCc1nc2cc(F)c(OCC)cc2cc1Cc1c(=O)[nH]c(CCC)c2cc(OC)c(OC)cc12. The van der Waals surface area contributed by atoms with Gasteiger partial charge in [-0.3, -0.25) is 9.78 Å². The molecule has 0 aliphatic heterocycles. The number of nitrogens with one attached hydrogen (secondary N) is 1. The fraction of sp³-hybridized carbons (Fsp3) is 0.379. The number of halogens is 1. The van der Waals surface area contributed by atoms with Gasteiger partial charge in [0.25, 0.3) is 5.56 Å². The third kappa shape index (κ3) is 4.87. The largest absolute Gasteiger partial charge is 0.493 e. The molecule has 1 N–H and O–H groups in total. The molecular weight excluding hydrogens is 459 g/mol. The van der Waals surface area contributed by atoms with Crippen molar-refractivity contribution in [2.75, 3.05) is 20.8 Å². The van der Waals surface area contributed by atoms with Crippen LogP contribution in [0.15, 0.2) is 35.1 Å². The van der Waals surface area contributed by atoms with E-state index < -0.39 is 5.82 Å². The minimum absolute atomic E-state index is 0.130. The van der Waals surface area contributed by atoms with E-state index in [-0.39, 0.29) is 11.3 Å². The van der Waals surface area contributed by atoms with Crippen molar-refractivity contribution in [3.63, 3.8) is 0 Å². The summed E-state index contributed by atoms with van der Waals surface area (Å²) in [5.41, 5.74) is 3.75. The number of benzene rings is 2. The normalized spacial score (nSPS) is 11.3. The molecule has 2 heterocycles. The van der Waals surface area contributed by atoms with Crippen molar-refractivity contribution in [1.29, 1.82) is 0 Å². The summed E-state index contributed by atoms with van der Waals surface area (Å²) in [7, 11) is 3.19. The lowest BCUT2D eigenvalue weighted by Gasteiger charge is -2.16. The van der Waals surface area contributed by atoms with E-state index in [4.69, 9.17) is 19.2 Å². The van der Waals surface area contributed by atoms with E-state index in [9.17, 15) is 9.18 Å². The maximum atomic E-state index is 14.5. The van der Waals surface area contributed by atoms with Crippen LogP contribution in [-0.2, 0) is 19.3 Å². The lowest BCUT2D eigenvalue weighted by molar-refractivity contribution is 0.322. The van der Waals surface area contributed by atoms with Crippen LogP contribution in [0.4, 0.5) is 4.39 Å². The number of methoxy groups -OCH3 is 2. The summed E-state index contributed by atoms with van der Waals surface area (Å²) in [6, 6.07) is 8.92. The molecule has 0 unspecified atom stereocenters. The van der Waals surface area contributed by atoms with Gasteiger partial charge in [-0.25, -0.2) is 4.39 Å². The number of rotatable bonds is 10. The Bertz CT molecular complexity index is 1460. The van der Waals surface area contributed by atoms with Gasteiger partial charge in [0.15, 0.2) is 23.1 Å². The van der Waals surface area contributed by atoms with Gasteiger partial charge in [-0.2, -0.15) is 0 Å². The molecule has 190 valence electrons. The Balaban J connectivity index is 1.94. The van der Waals surface area contributed by atoms with Crippen molar-refractivity contribution in [3.05, 3.63) is 69.0 Å². The van der Waals surface area contributed by atoms with Crippen LogP contribution >= 0.6 is 0 Å². The van der Waals surface area contributed by atoms with E-state index in [1.807, 2.05) is 25.1 Å². The van der Waals surface area contributed by atoms with Crippen LogP contribution in [0.2, 0.25) is 0 Å². The Kier molecular flexibility index (Phi) is 7.77. The number of hydrogen-bond acceptors (Lipinski definition) is 5. The van der Waals surface area contributed by atoms with Gasteiger partial charge in [-0.05, 0) is 55.0 Å². The number of fused-ring (bicyclic) bond motifs is 2. The van der Waals surface area contributed by atoms with E-state index >= 15 is 0 Å². The molecular formula is C29H33FN2O4. The first-order valence-corrected chi connectivity index (χ1v) is 12.5. The minimum Gasteiger partial charge on any atom is -0.493 e. The fourth-order valence-electron chi connectivity index (χ4n) is 4.73. The summed E-state index contributed by atoms with van der Waals surface area (Å²) in [5, 5.41) is 2.55. The number of pyridine rings is 2. The van der Waals surface area contributed by atoms with Crippen molar-refractivity contribution < 1.29 is 18.6 Å². The number of hydrogen-bond donors (Lipinski definition) is 1. The second-order valence-corrected chi connectivity index (χ2v) is 8.84. The number of H-pyrrole nitrogens is 1. The Labute approximate surface area is 210 Å². The van der Waals surface area contributed by atoms with E-state index in [1.54, 1.807) is 20.3 Å². The summed E-state index contributed by atoms with van der Waals surface area (Å²) < 4.78 is 31.1. The Hall–Kier alpha value is -3.61. The predicted molar refractivity (Wildman–Crippen MR) is 141 cm³/mol. The van der Waals surface area contributed by atoms with Gasteiger partial charge >= 0.3 is 0 Å². The first-order chi connectivity index (χ1) is 17.4. The third-order valence-corrected chi connectivity index (χ3v) is 6.40. The highest BCUT2D eigenvalue weighted by molar-refractivity contribution is 5.91. The molecule has 0 bridgehead atoms. The molecule has 2 aromatic carbocycles. The average molecular weight is 493 g/mol. The van der Waals surface area contributed by atoms with Gasteiger partial charge in [0.2, 0.25) is 0 Å². The predicted octanol–water partition coefficient (Wildman–Crippen LogP) is 6.13. The Morgan fingerprint density at radius 3 is 2.22 bits per heavy atom. The van der Waals surface area contributed by atoms with E-state index in [1.165, 1.54) is 6.07 Å². The zero-order valence-corrected chi connectivity index (χ0v) is 21.6.